The number of unbranched alkanes of at least 4 members (excludes halogenated alkanes) is 8. The number of ether oxygens (including phenoxy) is 2. The molecule has 0 fully saturated rings. The molecule has 11 heteroatoms. The number of carboxylic acids is 1. The molecule has 0 heterocycles. The summed E-state index contributed by atoms with van der Waals surface area (Å²) in [5.74, 6) is -1.82. The number of carboxylic acid groups (broad SMARTS) is 1. The number of carbonyl (C=O) groups excluding carboxylic acids is 1. The van der Waals surface area contributed by atoms with Gasteiger partial charge in [-0.05, 0) is 96.3 Å². The zero-order valence-corrected chi connectivity index (χ0v) is 37.2. The van der Waals surface area contributed by atoms with E-state index in [0.29, 0.717) is 13.0 Å². The Morgan fingerprint density at radius 2 is 0.932 bits per heavy atom. The number of carbonyl (C=O) groups is 2. The zero-order chi connectivity index (χ0) is 43.3. The predicted molar refractivity (Wildman–Crippen MR) is 244 cm³/mol. The molecule has 0 aliphatic rings. The van der Waals surface area contributed by atoms with Crippen LogP contribution in [0.15, 0.2) is 109 Å². The van der Waals surface area contributed by atoms with E-state index in [2.05, 4.69) is 123 Å². The first-order valence-corrected chi connectivity index (χ1v) is 23.4. The Labute approximate surface area is 357 Å². The van der Waals surface area contributed by atoms with Crippen LogP contribution in [-0.2, 0) is 32.7 Å². The SMILES string of the molecule is CC/C=C\C/C=C\C/C=C\C/C=C\C/C=C\CCCCCCCC(=O)OC(COCCCCC/C=C\C/C=C\C/C=C\C/C=C\CC)COP(=O)(O)OCC(N)C(=O)O. The first-order valence-electron chi connectivity index (χ1n) is 21.9. The van der Waals surface area contributed by atoms with Crippen molar-refractivity contribution in [3.8, 4) is 0 Å². The van der Waals surface area contributed by atoms with Crippen molar-refractivity contribution in [1.82, 2.24) is 0 Å². The molecule has 334 valence electrons. The van der Waals surface area contributed by atoms with E-state index in [1.165, 1.54) is 0 Å². The second-order valence-corrected chi connectivity index (χ2v) is 15.5. The fraction of sp³-hybridized carbons (Fsp3) is 0.583. The monoisotopic (exact) mass is 844 g/mol. The summed E-state index contributed by atoms with van der Waals surface area (Å²) in [5.41, 5.74) is 5.35. The molecule has 59 heavy (non-hydrogen) atoms. The maximum atomic E-state index is 12.6. The van der Waals surface area contributed by atoms with Gasteiger partial charge in [0.15, 0.2) is 0 Å². The first kappa shape index (κ1) is 55.6. The summed E-state index contributed by atoms with van der Waals surface area (Å²) in [7, 11) is -4.64. The minimum atomic E-state index is -4.64. The number of phosphoric ester groups is 1. The summed E-state index contributed by atoms with van der Waals surface area (Å²) in [6.45, 7) is 3.52. The van der Waals surface area contributed by atoms with Gasteiger partial charge in [0, 0.05) is 13.0 Å². The van der Waals surface area contributed by atoms with Gasteiger partial charge in [-0.25, -0.2) is 4.57 Å². The van der Waals surface area contributed by atoms with Gasteiger partial charge >= 0.3 is 19.8 Å². The third kappa shape index (κ3) is 42.6. The van der Waals surface area contributed by atoms with Gasteiger partial charge in [0.1, 0.15) is 12.1 Å². The summed E-state index contributed by atoms with van der Waals surface area (Å²) in [6, 6.07) is -1.49. The summed E-state index contributed by atoms with van der Waals surface area (Å²) >= 11 is 0. The average molecular weight is 844 g/mol. The summed E-state index contributed by atoms with van der Waals surface area (Å²) < 4.78 is 33.3. The lowest BCUT2D eigenvalue weighted by Crippen LogP contribution is -2.34. The van der Waals surface area contributed by atoms with Gasteiger partial charge in [0.05, 0.1) is 19.8 Å². The zero-order valence-electron chi connectivity index (χ0n) is 36.3. The molecule has 0 radical (unpaired) electrons. The standard InChI is InChI=1S/C48H78NO9P/c1-3-5-7-9-11-13-15-17-19-21-22-23-24-25-26-28-30-32-34-36-38-40-47(50)58-45(43-56-59(53,54)57-44-46(49)48(51)52)42-55-41-39-37-35-33-31-29-27-20-18-16-14-12-10-8-6-4-2/h5-8,11-14,17-20,22-23,25-26,29,31,45-46H,3-4,9-10,15-16,21,24,27-28,30,32-44,49H2,1-2H3,(H,51,52)(H,53,54)/b7-5-,8-6-,13-11-,14-12-,19-17-,20-18-,23-22-,26-25-,31-29-. The lowest BCUT2D eigenvalue weighted by atomic mass is 10.1. The highest BCUT2D eigenvalue weighted by atomic mass is 31.2. The smallest absolute Gasteiger partial charge is 0.472 e. The number of hydrogen-bond acceptors (Lipinski definition) is 8. The Kier molecular flexibility index (Phi) is 40.3. The number of rotatable bonds is 40. The highest BCUT2D eigenvalue weighted by molar-refractivity contribution is 7.47. The Balaban J connectivity index is 4.36. The van der Waals surface area contributed by atoms with Crippen molar-refractivity contribution in [2.75, 3.05) is 26.4 Å². The van der Waals surface area contributed by atoms with E-state index >= 15 is 0 Å². The molecule has 0 aliphatic heterocycles. The van der Waals surface area contributed by atoms with Crippen LogP contribution >= 0.6 is 7.82 Å². The van der Waals surface area contributed by atoms with Crippen molar-refractivity contribution in [2.45, 2.75) is 154 Å². The Morgan fingerprint density at radius 3 is 1.39 bits per heavy atom. The van der Waals surface area contributed by atoms with E-state index in [0.717, 1.165) is 116 Å². The average Bonchev–Trinajstić information content (AvgIpc) is 3.21. The minimum absolute atomic E-state index is 0.0208. The normalized spacial score (nSPS) is 14.9. The molecular weight excluding hydrogens is 766 g/mol. The molecule has 0 aliphatic carbocycles. The Hall–Kier alpha value is -3.37. The largest absolute Gasteiger partial charge is 0.480 e. The van der Waals surface area contributed by atoms with Crippen LogP contribution in [0.2, 0.25) is 0 Å². The molecule has 4 N–H and O–H groups in total. The van der Waals surface area contributed by atoms with Crippen LogP contribution in [0.4, 0.5) is 0 Å². The summed E-state index contributed by atoms with van der Waals surface area (Å²) in [5, 5.41) is 8.90. The van der Waals surface area contributed by atoms with Crippen LogP contribution < -0.4 is 5.73 Å². The van der Waals surface area contributed by atoms with E-state index in [4.69, 9.17) is 29.4 Å². The van der Waals surface area contributed by atoms with Gasteiger partial charge in [0.25, 0.3) is 0 Å². The Morgan fingerprint density at radius 1 is 0.542 bits per heavy atom. The second-order valence-electron chi connectivity index (χ2n) is 14.1. The van der Waals surface area contributed by atoms with E-state index in [1.54, 1.807) is 0 Å². The van der Waals surface area contributed by atoms with Crippen molar-refractivity contribution < 1.29 is 42.7 Å². The van der Waals surface area contributed by atoms with Gasteiger partial charge in [-0.1, -0.05) is 149 Å². The van der Waals surface area contributed by atoms with Crippen LogP contribution in [0, 0.1) is 0 Å². The van der Waals surface area contributed by atoms with E-state index in [-0.39, 0.29) is 13.0 Å². The lowest BCUT2D eigenvalue weighted by Gasteiger charge is -2.20. The van der Waals surface area contributed by atoms with Crippen LogP contribution in [0.3, 0.4) is 0 Å². The van der Waals surface area contributed by atoms with Gasteiger partial charge in [-0.15, -0.1) is 0 Å². The summed E-state index contributed by atoms with van der Waals surface area (Å²) in [6.07, 6.45) is 57.1. The van der Waals surface area contributed by atoms with E-state index < -0.39 is 45.1 Å². The predicted octanol–water partition coefficient (Wildman–Crippen LogP) is 12.3. The third-order valence-electron chi connectivity index (χ3n) is 8.55. The highest BCUT2D eigenvalue weighted by Gasteiger charge is 2.27. The summed E-state index contributed by atoms with van der Waals surface area (Å²) in [4.78, 5) is 33.6. The lowest BCUT2D eigenvalue weighted by molar-refractivity contribution is -0.154. The van der Waals surface area contributed by atoms with Crippen molar-refractivity contribution in [1.29, 1.82) is 0 Å². The van der Waals surface area contributed by atoms with Crippen LogP contribution in [0.25, 0.3) is 0 Å². The Bertz CT molecular complexity index is 1350. The molecule has 0 amide bonds. The fourth-order valence-corrected chi connectivity index (χ4v) is 5.99. The molecule has 0 aromatic heterocycles. The molecular formula is C48H78NO9P. The maximum Gasteiger partial charge on any atom is 0.472 e. The van der Waals surface area contributed by atoms with E-state index in [9.17, 15) is 19.0 Å². The van der Waals surface area contributed by atoms with Gasteiger partial charge in [-0.2, -0.15) is 0 Å². The second kappa shape index (κ2) is 42.7. The van der Waals surface area contributed by atoms with Crippen LogP contribution in [0.1, 0.15) is 142 Å². The molecule has 0 bridgehead atoms. The first-order chi connectivity index (χ1) is 28.7. The van der Waals surface area contributed by atoms with Crippen molar-refractivity contribution in [3.63, 3.8) is 0 Å². The molecule has 0 spiro atoms. The number of nitrogens with two attached hydrogens (primary N) is 1. The van der Waals surface area contributed by atoms with Crippen molar-refractivity contribution in [2.24, 2.45) is 5.73 Å². The fourth-order valence-electron chi connectivity index (χ4n) is 5.21. The number of allylic oxidation sites excluding steroid dienone is 18. The molecule has 0 aromatic carbocycles. The van der Waals surface area contributed by atoms with Crippen LogP contribution in [-0.4, -0.2) is 60.5 Å². The number of aliphatic carboxylic acids is 1. The topological polar surface area (TPSA) is 155 Å². The molecule has 10 nitrogen and oxygen atoms in total. The molecule has 0 saturated heterocycles. The molecule has 0 saturated carbocycles. The quantitative estimate of drug-likeness (QED) is 0.0235. The van der Waals surface area contributed by atoms with Gasteiger partial charge in [-0.3, -0.25) is 18.6 Å². The van der Waals surface area contributed by atoms with Gasteiger partial charge < -0.3 is 25.2 Å². The number of esters is 1. The highest BCUT2D eigenvalue weighted by Crippen LogP contribution is 2.43. The number of phosphoric acid groups is 1. The third-order valence-corrected chi connectivity index (χ3v) is 9.50. The molecule has 0 rings (SSSR count). The maximum absolute atomic E-state index is 12.6. The van der Waals surface area contributed by atoms with Gasteiger partial charge in [0.2, 0.25) is 0 Å². The molecule has 0 aromatic rings. The van der Waals surface area contributed by atoms with Crippen molar-refractivity contribution >= 4 is 19.8 Å². The number of hydrogen-bond donors (Lipinski definition) is 3. The molecule has 3 atom stereocenters. The van der Waals surface area contributed by atoms with E-state index in [1.807, 2.05) is 0 Å². The molecule has 3 unspecified atom stereocenters. The minimum Gasteiger partial charge on any atom is -0.480 e. The van der Waals surface area contributed by atoms with Crippen molar-refractivity contribution in [3.05, 3.63) is 109 Å². The van der Waals surface area contributed by atoms with Crippen LogP contribution in [0.5, 0.6) is 0 Å².